The van der Waals surface area contributed by atoms with E-state index >= 15 is 0 Å². The van der Waals surface area contributed by atoms with Gasteiger partial charge in [0, 0.05) is 18.1 Å². The Morgan fingerprint density at radius 1 is 1.29 bits per heavy atom. The fraction of sp³-hybridized carbons (Fsp3) is 0.500. The summed E-state index contributed by atoms with van der Waals surface area (Å²) in [5, 5.41) is 1.42. The summed E-state index contributed by atoms with van der Waals surface area (Å²) in [5.74, 6) is 1.56. The van der Waals surface area contributed by atoms with Crippen molar-refractivity contribution in [3.63, 3.8) is 0 Å². The van der Waals surface area contributed by atoms with Crippen molar-refractivity contribution in [2.24, 2.45) is 13.0 Å². The average Bonchev–Trinajstić information content (AvgIpc) is 3.06. The normalized spacial score (nSPS) is 16.0. The van der Waals surface area contributed by atoms with E-state index < -0.39 is 0 Å². The van der Waals surface area contributed by atoms with Gasteiger partial charge in [-0.15, -0.1) is 0 Å². The monoisotopic (exact) mass is 227 g/mol. The number of para-hydroxylation sites is 1. The second-order valence-corrected chi connectivity index (χ2v) is 5.85. The number of aromatic nitrogens is 1. The molecular weight excluding hydrogens is 206 g/mol. The molecule has 1 saturated carbocycles. The van der Waals surface area contributed by atoms with Crippen LogP contribution in [0.2, 0.25) is 0 Å². The van der Waals surface area contributed by atoms with Crippen molar-refractivity contribution in [3.8, 4) is 0 Å². The van der Waals surface area contributed by atoms with Gasteiger partial charge in [-0.3, -0.25) is 0 Å². The molecular formula is C16H21N. The van der Waals surface area contributed by atoms with E-state index in [1.807, 2.05) is 0 Å². The molecule has 1 aromatic heterocycles. The maximum Gasteiger partial charge on any atom is 0.0515 e. The number of aryl methyl sites for hydroxylation is 1. The standard InChI is InChI=1S/C16H21N/c1-11(2)9-14-10-13-5-4-6-15(12-7-8-12)16(13)17(14)3/h4-6,10-12H,7-9H2,1-3H3. The fourth-order valence-electron chi connectivity index (χ4n) is 2.84. The summed E-state index contributed by atoms with van der Waals surface area (Å²) in [7, 11) is 2.23. The Morgan fingerprint density at radius 3 is 2.71 bits per heavy atom. The zero-order chi connectivity index (χ0) is 12.0. The predicted molar refractivity (Wildman–Crippen MR) is 73.4 cm³/mol. The second kappa shape index (κ2) is 3.90. The highest BCUT2D eigenvalue weighted by Crippen LogP contribution is 2.43. The highest BCUT2D eigenvalue weighted by atomic mass is 14.9. The van der Waals surface area contributed by atoms with E-state index in [0.29, 0.717) is 0 Å². The molecule has 0 N–H and O–H groups in total. The molecule has 0 unspecified atom stereocenters. The van der Waals surface area contributed by atoms with Gasteiger partial charge in [-0.1, -0.05) is 32.0 Å². The van der Waals surface area contributed by atoms with Gasteiger partial charge < -0.3 is 4.57 Å². The van der Waals surface area contributed by atoms with Gasteiger partial charge in [0.25, 0.3) is 0 Å². The number of fused-ring (bicyclic) bond motifs is 1. The minimum Gasteiger partial charge on any atom is -0.347 e. The Morgan fingerprint density at radius 2 is 2.06 bits per heavy atom. The molecule has 1 heterocycles. The first kappa shape index (κ1) is 10.9. The Bertz CT molecular complexity index is 544. The van der Waals surface area contributed by atoms with Crippen molar-refractivity contribution in [3.05, 3.63) is 35.5 Å². The molecule has 0 radical (unpaired) electrons. The van der Waals surface area contributed by atoms with Gasteiger partial charge in [0.05, 0.1) is 5.52 Å². The van der Waals surface area contributed by atoms with Crippen molar-refractivity contribution >= 4 is 10.9 Å². The molecule has 1 heteroatoms. The lowest BCUT2D eigenvalue weighted by Crippen LogP contribution is -2.01. The third kappa shape index (κ3) is 1.88. The number of nitrogens with zero attached hydrogens (tertiary/aromatic N) is 1. The molecule has 90 valence electrons. The topological polar surface area (TPSA) is 4.93 Å². The molecule has 1 aromatic carbocycles. The first-order chi connectivity index (χ1) is 8.16. The van der Waals surface area contributed by atoms with Crippen molar-refractivity contribution in [1.82, 2.24) is 4.57 Å². The van der Waals surface area contributed by atoms with E-state index in [1.165, 1.54) is 35.9 Å². The summed E-state index contributed by atoms with van der Waals surface area (Å²) < 4.78 is 2.42. The molecule has 2 aromatic rings. The van der Waals surface area contributed by atoms with Crippen molar-refractivity contribution in [1.29, 1.82) is 0 Å². The number of benzene rings is 1. The van der Waals surface area contributed by atoms with Crippen LogP contribution >= 0.6 is 0 Å². The van der Waals surface area contributed by atoms with Gasteiger partial charge in [0.15, 0.2) is 0 Å². The Labute approximate surface area is 103 Å². The van der Waals surface area contributed by atoms with Crippen LogP contribution in [0.25, 0.3) is 10.9 Å². The second-order valence-electron chi connectivity index (χ2n) is 5.85. The van der Waals surface area contributed by atoms with Gasteiger partial charge in [-0.25, -0.2) is 0 Å². The average molecular weight is 227 g/mol. The Balaban J connectivity index is 2.15. The summed E-state index contributed by atoms with van der Waals surface area (Å²) in [4.78, 5) is 0. The van der Waals surface area contributed by atoms with E-state index in [2.05, 4.69) is 49.7 Å². The smallest absolute Gasteiger partial charge is 0.0515 e. The third-order valence-electron chi connectivity index (χ3n) is 3.82. The molecule has 0 atom stereocenters. The quantitative estimate of drug-likeness (QED) is 0.738. The molecule has 1 aliphatic carbocycles. The molecule has 0 amide bonds. The highest BCUT2D eigenvalue weighted by molar-refractivity contribution is 5.85. The van der Waals surface area contributed by atoms with Crippen LogP contribution in [0.1, 0.15) is 43.9 Å². The van der Waals surface area contributed by atoms with E-state index in [1.54, 1.807) is 5.56 Å². The van der Waals surface area contributed by atoms with Gasteiger partial charge >= 0.3 is 0 Å². The summed E-state index contributed by atoms with van der Waals surface area (Å²) in [5.41, 5.74) is 4.52. The van der Waals surface area contributed by atoms with Gasteiger partial charge in [0.2, 0.25) is 0 Å². The molecule has 17 heavy (non-hydrogen) atoms. The molecule has 0 aliphatic heterocycles. The molecule has 1 aliphatic rings. The van der Waals surface area contributed by atoms with Gasteiger partial charge in [-0.05, 0) is 42.7 Å². The predicted octanol–water partition coefficient (Wildman–Crippen LogP) is 4.25. The Hall–Kier alpha value is -1.24. The van der Waals surface area contributed by atoms with Crippen molar-refractivity contribution in [2.45, 2.75) is 39.0 Å². The Kier molecular flexibility index (Phi) is 2.50. The summed E-state index contributed by atoms with van der Waals surface area (Å²) in [6, 6.07) is 9.17. The van der Waals surface area contributed by atoms with Crippen LogP contribution in [-0.4, -0.2) is 4.57 Å². The first-order valence-corrected chi connectivity index (χ1v) is 6.74. The number of hydrogen-bond donors (Lipinski definition) is 0. The zero-order valence-electron chi connectivity index (χ0n) is 11.0. The van der Waals surface area contributed by atoms with Crippen LogP contribution in [0.3, 0.4) is 0 Å². The van der Waals surface area contributed by atoms with Crippen LogP contribution in [-0.2, 0) is 13.5 Å². The van der Waals surface area contributed by atoms with Crippen LogP contribution in [0, 0.1) is 5.92 Å². The fourth-order valence-corrected chi connectivity index (χ4v) is 2.84. The molecule has 1 fully saturated rings. The maximum atomic E-state index is 2.42. The largest absolute Gasteiger partial charge is 0.347 e. The van der Waals surface area contributed by atoms with E-state index in [4.69, 9.17) is 0 Å². The zero-order valence-corrected chi connectivity index (χ0v) is 11.0. The minimum atomic E-state index is 0.724. The van der Waals surface area contributed by atoms with Crippen molar-refractivity contribution in [2.75, 3.05) is 0 Å². The van der Waals surface area contributed by atoms with E-state index in [9.17, 15) is 0 Å². The van der Waals surface area contributed by atoms with Crippen molar-refractivity contribution < 1.29 is 0 Å². The summed E-state index contributed by atoms with van der Waals surface area (Å²) >= 11 is 0. The molecule has 1 nitrogen and oxygen atoms in total. The molecule has 3 rings (SSSR count). The molecule has 0 saturated heterocycles. The van der Waals surface area contributed by atoms with Crippen LogP contribution in [0.15, 0.2) is 24.3 Å². The lowest BCUT2D eigenvalue weighted by Gasteiger charge is -2.09. The number of rotatable bonds is 3. The van der Waals surface area contributed by atoms with E-state index in [-0.39, 0.29) is 0 Å². The molecule has 0 spiro atoms. The maximum absolute atomic E-state index is 2.42. The lowest BCUT2D eigenvalue weighted by molar-refractivity contribution is 0.619. The third-order valence-corrected chi connectivity index (χ3v) is 3.82. The minimum absolute atomic E-state index is 0.724. The lowest BCUT2D eigenvalue weighted by atomic mass is 10.1. The SMILES string of the molecule is CC(C)Cc1cc2cccc(C3CC3)c2n1C. The highest BCUT2D eigenvalue weighted by Gasteiger charge is 2.26. The van der Waals surface area contributed by atoms with Crippen LogP contribution in [0.5, 0.6) is 0 Å². The molecule has 0 bridgehead atoms. The van der Waals surface area contributed by atoms with E-state index in [0.717, 1.165) is 11.8 Å². The summed E-state index contributed by atoms with van der Waals surface area (Å²) in [6.07, 6.45) is 3.93. The van der Waals surface area contributed by atoms with Crippen LogP contribution < -0.4 is 0 Å². The first-order valence-electron chi connectivity index (χ1n) is 6.74. The van der Waals surface area contributed by atoms with Crippen LogP contribution in [0.4, 0.5) is 0 Å². The van der Waals surface area contributed by atoms with Gasteiger partial charge in [-0.2, -0.15) is 0 Å². The summed E-state index contributed by atoms with van der Waals surface area (Å²) in [6.45, 7) is 4.58. The number of hydrogen-bond acceptors (Lipinski definition) is 0. The van der Waals surface area contributed by atoms with Gasteiger partial charge in [0.1, 0.15) is 0 Å².